The van der Waals surface area contributed by atoms with Crippen molar-refractivity contribution in [2.45, 2.75) is 13.1 Å². The molecule has 1 aliphatic rings. The third kappa shape index (κ3) is 4.44. The fourth-order valence-corrected chi connectivity index (χ4v) is 4.46. The van der Waals surface area contributed by atoms with Crippen LogP contribution in [0.4, 0.5) is 5.69 Å². The average Bonchev–Trinajstić information content (AvgIpc) is 3.42. The number of aromatic nitrogens is 2. The van der Waals surface area contributed by atoms with Gasteiger partial charge in [-0.15, -0.1) is 0 Å². The molecule has 1 saturated heterocycles. The fraction of sp³-hybridized carbons (Fsp3) is 0.269. The van der Waals surface area contributed by atoms with Crippen molar-refractivity contribution < 1.29 is 13.9 Å². The van der Waals surface area contributed by atoms with E-state index in [2.05, 4.69) is 4.90 Å². The number of rotatable bonds is 6. The quantitative estimate of drug-likeness (QED) is 0.426. The molecule has 2 aromatic carbocycles. The Balaban J connectivity index is 1.37. The van der Waals surface area contributed by atoms with Crippen LogP contribution >= 0.6 is 0 Å². The van der Waals surface area contributed by atoms with Gasteiger partial charge in [0, 0.05) is 31.9 Å². The third-order valence-electron chi connectivity index (χ3n) is 6.39. The molecule has 9 heteroatoms. The minimum absolute atomic E-state index is 0.00419. The minimum atomic E-state index is -0.532. The van der Waals surface area contributed by atoms with E-state index in [0.717, 1.165) is 16.0 Å². The molecule has 35 heavy (non-hydrogen) atoms. The number of hydrogen-bond donors (Lipinski definition) is 0. The highest BCUT2D eigenvalue weighted by Gasteiger charge is 2.23. The summed E-state index contributed by atoms with van der Waals surface area (Å²) in [5.41, 5.74) is 0.586. The van der Waals surface area contributed by atoms with Crippen LogP contribution in [0.2, 0.25) is 0 Å². The van der Waals surface area contributed by atoms with Crippen molar-refractivity contribution in [3.63, 3.8) is 0 Å². The van der Waals surface area contributed by atoms with Crippen LogP contribution in [-0.4, -0.2) is 53.2 Å². The highest BCUT2D eigenvalue weighted by molar-refractivity contribution is 5.82. The maximum atomic E-state index is 13.3. The van der Waals surface area contributed by atoms with Gasteiger partial charge in [0.15, 0.2) is 0 Å². The molecule has 5 rings (SSSR count). The predicted molar refractivity (Wildman–Crippen MR) is 132 cm³/mol. The summed E-state index contributed by atoms with van der Waals surface area (Å²) in [5.74, 6) is 1.13. The monoisotopic (exact) mass is 474 g/mol. The van der Waals surface area contributed by atoms with Crippen LogP contribution in [0.1, 0.15) is 5.76 Å². The van der Waals surface area contributed by atoms with Crippen LogP contribution in [0.5, 0.6) is 5.75 Å². The zero-order chi connectivity index (χ0) is 24.4. The van der Waals surface area contributed by atoms with E-state index in [0.29, 0.717) is 42.8 Å². The summed E-state index contributed by atoms with van der Waals surface area (Å²) >= 11 is 0. The minimum Gasteiger partial charge on any atom is -0.497 e. The first kappa shape index (κ1) is 22.5. The topological polar surface area (TPSA) is 89.9 Å². The number of furan rings is 1. The van der Waals surface area contributed by atoms with Gasteiger partial charge in [0.05, 0.1) is 30.8 Å². The van der Waals surface area contributed by atoms with E-state index in [1.165, 1.54) is 10.8 Å². The lowest BCUT2D eigenvalue weighted by Gasteiger charge is -2.36. The van der Waals surface area contributed by atoms with Crippen molar-refractivity contribution in [1.82, 2.24) is 14.0 Å². The molecule has 1 amide bonds. The van der Waals surface area contributed by atoms with Crippen LogP contribution in [0.15, 0.2) is 80.9 Å². The summed E-state index contributed by atoms with van der Waals surface area (Å²) < 4.78 is 13.1. The number of piperazine rings is 1. The summed E-state index contributed by atoms with van der Waals surface area (Å²) in [6.07, 6.45) is 1.50. The van der Waals surface area contributed by atoms with Gasteiger partial charge in [-0.3, -0.25) is 18.7 Å². The summed E-state index contributed by atoms with van der Waals surface area (Å²) in [4.78, 5) is 43.6. The molecular formula is C26H26N4O5. The van der Waals surface area contributed by atoms with E-state index in [1.54, 1.807) is 48.4 Å². The molecule has 0 radical (unpaired) electrons. The molecule has 0 unspecified atom stereocenters. The molecule has 2 aromatic heterocycles. The highest BCUT2D eigenvalue weighted by Crippen LogP contribution is 2.20. The van der Waals surface area contributed by atoms with Gasteiger partial charge in [0.2, 0.25) is 5.91 Å². The molecular weight excluding hydrogens is 448 g/mol. The first-order chi connectivity index (χ1) is 17.0. The molecule has 3 heterocycles. The molecule has 0 N–H and O–H groups in total. The number of nitrogens with zero attached hydrogens (tertiary/aromatic N) is 4. The second kappa shape index (κ2) is 9.54. The normalized spacial score (nSPS) is 13.9. The van der Waals surface area contributed by atoms with E-state index in [4.69, 9.17) is 9.15 Å². The Hall–Kier alpha value is -4.27. The van der Waals surface area contributed by atoms with Gasteiger partial charge in [0.1, 0.15) is 18.1 Å². The number of carbonyl (C=O) groups is 1. The lowest BCUT2D eigenvalue weighted by Crippen LogP contribution is -2.50. The van der Waals surface area contributed by atoms with Crippen LogP contribution in [0, 0.1) is 0 Å². The molecule has 0 atom stereocenters. The lowest BCUT2D eigenvalue weighted by atomic mass is 10.2. The van der Waals surface area contributed by atoms with Crippen molar-refractivity contribution in [3.05, 3.63) is 93.5 Å². The van der Waals surface area contributed by atoms with Crippen LogP contribution in [0.3, 0.4) is 0 Å². The van der Waals surface area contributed by atoms with Crippen molar-refractivity contribution in [1.29, 1.82) is 0 Å². The number of methoxy groups -OCH3 is 1. The van der Waals surface area contributed by atoms with Gasteiger partial charge in [-0.1, -0.05) is 12.1 Å². The van der Waals surface area contributed by atoms with E-state index in [9.17, 15) is 14.4 Å². The maximum absolute atomic E-state index is 13.3. The molecule has 0 bridgehead atoms. The van der Waals surface area contributed by atoms with Crippen LogP contribution in [-0.2, 0) is 17.9 Å². The van der Waals surface area contributed by atoms with Crippen molar-refractivity contribution >= 4 is 22.5 Å². The van der Waals surface area contributed by atoms with Gasteiger partial charge >= 0.3 is 5.69 Å². The Kier molecular flexibility index (Phi) is 6.13. The Morgan fingerprint density at radius 2 is 1.66 bits per heavy atom. The zero-order valence-electron chi connectivity index (χ0n) is 19.4. The molecule has 0 aliphatic carbocycles. The van der Waals surface area contributed by atoms with Crippen molar-refractivity contribution in [2.24, 2.45) is 0 Å². The number of hydrogen-bond acceptors (Lipinski definition) is 6. The molecule has 9 nitrogen and oxygen atoms in total. The van der Waals surface area contributed by atoms with Crippen LogP contribution < -0.4 is 20.9 Å². The van der Waals surface area contributed by atoms with Gasteiger partial charge in [0.25, 0.3) is 5.56 Å². The van der Waals surface area contributed by atoms with Gasteiger partial charge in [-0.25, -0.2) is 4.79 Å². The number of amides is 1. The third-order valence-corrected chi connectivity index (χ3v) is 6.39. The molecule has 0 saturated carbocycles. The SMILES string of the molecule is COc1ccc(N2CCN(C(=O)Cn3c(=O)n(Cc4ccco4)c(=O)c4ccccc43)CC2)cc1. The van der Waals surface area contributed by atoms with Crippen molar-refractivity contribution in [2.75, 3.05) is 38.2 Å². The Labute approximate surface area is 201 Å². The molecule has 1 fully saturated rings. The standard InChI is InChI=1S/C26H26N4O5/c1-34-20-10-8-19(9-11-20)27-12-14-28(15-13-27)24(31)18-29-23-7-3-2-6-22(23)25(32)30(26(29)33)17-21-5-4-16-35-21/h2-11,16H,12-15,17-18H2,1H3. The number of benzene rings is 2. The first-order valence-electron chi connectivity index (χ1n) is 11.5. The number of para-hydroxylation sites is 1. The van der Waals surface area contributed by atoms with E-state index in [-0.39, 0.29) is 19.0 Å². The second-order valence-electron chi connectivity index (χ2n) is 8.42. The lowest BCUT2D eigenvalue weighted by molar-refractivity contribution is -0.132. The van der Waals surface area contributed by atoms with Gasteiger partial charge in [-0.05, 0) is 48.5 Å². The average molecular weight is 475 g/mol. The number of carbonyl (C=O) groups excluding carboxylic acids is 1. The fourth-order valence-electron chi connectivity index (χ4n) is 4.46. The Bertz CT molecular complexity index is 1450. The van der Waals surface area contributed by atoms with Crippen LogP contribution in [0.25, 0.3) is 10.9 Å². The Morgan fingerprint density at radius 3 is 2.34 bits per heavy atom. The summed E-state index contributed by atoms with van der Waals surface area (Å²) in [6, 6.07) is 18.1. The summed E-state index contributed by atoms with van der Waals surface area (Å²) in [7, 11) is 1.64. The predicted octanol–water partition coefficient (Wildman–Crippen LogP) is 2.16. The second-order valence-corrected chi connectivity index (χ2v) is 8.42. The molecule has 1 aliphatic heterocycles. The van der Waals surface area contributed by atoms with Gasteiger partial charge in [-0.2, -0.15) is 0 Å². The molecule has 180 valence electrons. The zero-order valence-corrected chi connectivity index (χ0v) is 19.4. The number of ether oxygens (including phenoxy) is 1. The first-order valence-corrected chi connectivity index (χ1v) is 11.5. The Morgan fingerprint density at radius 1 is 0.914 bits per heavy atom. The maximum Gasteiger partial charge on any atom is 0.332 e. The van der Waals surface area contributed by atoms with Crippen molar-refractivity contribution in [3.8, 4) is 5.75 Å². The molecule has 4 aromatic rings. The smallest absolute Gasteiger partial charge is 0.332 e. The van der Waals surface area contributed by atoms with Gasteiger partial charge < -0.3 is 19.0 Å². The summed E-state index contributed by atoms with van der Waals surface area (Å²) in [5, 5.41) is 0.385. The largest absolute Gasteiger partial charge is 0.497 e. The number of anilines is 1. The highest BCUT2D eigenvalue weighted by atomic mass is 16.5. The summed E-state index contributed by atoms with van der Waals surface area (Å²) in [6.45, 7) is 2.33. The van der Waals surface area contributed by atoms with E-state index in [1.807, 2.05) is 24.3 Å². The molecule has 0 spiro atoms. The number of fused-ring (bicyclic) bond motifs is 1. The van der Waals surface area contributed by atoms with E-state index < -0.39 is 11.2 Å². The van der Waals surface area contributed by atoms with E-state index >= 15 is 0 Å².